The summed E-state index contributed by atoms with van der Waals surface area (Å²) in [6.45, 7) is 8.54. The largest absolute Gasteiger partial charge is 0.514 e. The number of rotatable bonds is 4. The molecule has 2 N–H and O–H groups in total. The highest BCUT2D eigenvalue weighted by atomic mass is 16.7. The van der Waals surface area contributed by atoms with E-state index in [4.69, 9.17) is 19.8 Å². The summed E-state index contributed by atoms with van der Waals surface area (Å²) in [6.07, 6.45) is 4.30. The van der Waals surface area contributed by atoms with Gasteiger partial charge < -0.3 is 19.8 Å². The Morgan fingerprint density at radius 2 is 1.90 bits per heavy atom. The molecule has 1 aromatic heterocycles. The molecule has 1 saturated heterocycles. The molecular weight excluding hydrogens is 267 g/mol. The Morgan fingerprint density at radius 1 is 1.29 bits per heavy atom. The molecule has 0 bridgehead atoms. The Kier molecular flexibility index (Phi) is 3.51. The van der Waals surface area contributed by atoms with E-state index < -0.39 is 7.12 Å². The quantitative estimate of drug-likeness (QED) is 0.849. The van der Waals surface area contributed by atoms with Gasteiger partial charge in [-0.15, -0.1) is 0 Å². The van der Waals surface area contributed by atoms with Gasteiger partial charge >= 0.3 is 7.12 Å². The lowest BCUT2D eigenvalue weighted by Gasteiger charge is -2.32. The van der Waals surface area contributed by atoms with Crippen LogP contribution in [0.5, 0.6) is 5.75 Å². The molecule has 2 aliphatic rings. The number of hydrogen-bond donors (Lipinski definition) is 1. The maximum absolute atomic E-state index is 6.03. The summed E-state index contributed by atoms with van der Waals surface area (Å²) in [5.74, 6) is 0.805. The van der Waals surface area contributed by atoms with Crippen LogP contribution in [-0.2, 0) is 15.9 Å². The predicted octanol–water partition coefficient (Wildman–Crippen LogP) is 1.38. The van der Waals surface area contributed by atoms with Crippen LogP contribution in [0, 0.1) is 0 Å². The second kappa shape index (κ2) is 4.97. The molecule has 3 rings (SSSR count). The van der Waals surface area contributed by atoms with Crippen LogP contribution < -0.4 is 16.1 Å². The van der Waals surface area contributed by atoms with Crippen molar-refractivity contribution in [2.45, 2.75) is 64.4 Å². The van der Waals surface area contributed by atoms with Crippen LogP contribution in [-0.4, -0.2) is 29.4 Å². The van der Waals surface area contributed by atoms with Gasteiger partial charge in [0, 0.05) is 18.3 Å². The molecular formula is C15H23BN2O3. The molecule has 1 aromatic rings. The van der Waals surface area contributed by atoms with E-state index in [-0.39, 0.29) is 11.2 Å². The molecule has 0 aromatic carbocycles. The average molecular weight is 290 g/mol. The second-order valence-corrected chi connectivity index (χ2v) is 6.83. The first-order chi connectivity index (χ1) is 9.82. The lowest BCUT2D eigenvalue weighted by Crippen LogP contribution is -2.41. The third-order valence-electron chi connectivity index (χ3n) is 4.50. The van der Waals surface area contributed by atoms with Crippen LogP contribution in [0.3, 0.4) is 0 Å². The van der Waals surface area contributed by atoms with Crippen LogP contribution in [0.25, 0.3) is 0 Å². The second-order valence-electron chi connectivity index (χ2n) is 6.83. The van der Waals surface area contributed by atoms with E-state index in [2.05, 4.69) is 4.98 Å². The highest BCUT2D eigenvalue weighted by Gasteiger charge is 2.52. The van der Waals surface area contributed by atoms with Gasteiger partial charge in [-0.1, -0.05) is 0 Å². The summed E-state index contributed by atoms with van der Waals surface area (Å²) in [6, 6.07) is 1.91. The maximum Gasteiger partial charge on any atom is 0.514 e. The van der Waals surface area contributed by atoms with Gasteiger partial charge in [-0.2, -0.15) is 0 Å². The number of hydrogen-bond acceptors (Lipinski definition) is 5. The van der Waals surface area contributed by atoms with Crippen molar-refractivity contribution in [2.24, 2.45) is 5.73 Å². The highest BCUT2D eigenvalue weighted by molar-refractivity contribution is 6.61. The maximum atomic E-state index is 6.03. The molecule has 1 aliphatic carbocycles. The molecule has 0 spiro atoms. The minimum Gasteiger partial charge on any atom is -0.490 e. The van der Waals surface area contributed by atoms with Crippen molar-refractivity contribution >= 4 is 12.7 Å². The van der Waals surface area contributed by atoms with Crippen molar-refractivity contribution in [3.05, 3.63) is 17.8 Å². The molecule has 1 saturated carbocycles. The van der Waals surface area contributed by atoms with Gasteiger partial charge in [0.1, 0.15) is 5.75 Å². The number of nitrogens with zero attached hydrogens (tertiary/aromatic N) is 1. The van der Waals surface area contributed by atoms with E-state index in [0.29, 0.717) is 12.6 Å². The lowest BCUT2D eigenvalue weighted by molar-refractivity contribution is 0.00578. The Hall–Kier alpha value is -1.11. The number of aromatic nitrogens is 1. The summed E-state index contributed by atoms with van der Waals surface area (Å²) in [5, 5.41) is 0. The summed E-state index contributed by atoms with van der Waals surface area (Å²) < 4.78 is 18.0. The third kappa shape index (κ3) is 2.80. The monoisotopic (exact) mass is 290 g/mol. The van der Waals surface area contributed by atoms with E-state index in [1.54, 1.807) is 6.20 Å². The van der Waals surface area contributed by atoms with Gasteiger partial charge in [0.2, 0.25) is 0 Å². The number of pyridine rings is 1. The lowest BCUT2D eigenvalue weighted by atomic mass is 9.84. The zero-order chi connectivity index (χ0) is 15.3. The predicted molar refractivity (Wildman–Crippen MR) is 81.5 cm³/mol. The molecule has 0 atom stereocenters. The van der Waals surface area contributed by atoms with E-state index in [0.717, 1.165) is 29.7 Å². The smallest absolute Gasteiger partial charge is 0.490 e. The molecule has 0 unspecified atom stereocenters. The summed E-state index contributed by atoms with van der Waals surface area (Å²) >= 11 is 0. The first-order valence-corrected chi connectivity index (χ1v) is 7.53. The SMILES string of the molecule is CC1(C)OB(c2cc(OC3CC3)c(CN)cn2)OC1(C)C. The standard InChI is InChI=1S/C15H23BN2O3/c1-14(2)15(3,4)21-16(20-14)13-7-12(19-11-5-6-11)10(8-17)9-18-13/h7,9,11H,5-6,8,17H2,1-4H3. The van der Waals surface area contributed by atoms with Crippen molar-refractivity contribution in [3.63, 3.8) is 0 Å². The van der Waals surface area contributed by atoms with E-state index in [1.165, 1.54) is 0 Å². The number of ether oxygens (including phenoxy) is 1. The Bertz CT molecular complexity index is 528. The Balaban J connectivity index is 1.86. The van der Waals surface area contributed by atoms with Crippen LogP contribution in [0.4, 0.5) is 0 Å². The van der Waals surface area contributed by atoms with Gasteiger partial charge in [0.15, 0.2) is 0 Å². The zero-order valence-electron chi connectivity index (χ0n) is 13.2. The van der Waals surface area contributed by atoms with Crippen molar-refractivity contribution in [1.29, 1.82) is 0 Å². The van der Waals surface area contributed by atoms with Gasteiger partial charge in [-0.25, -0.2) is 0 Å². The fourth-order valence-electron chi connectivity index (χ4n) is 2.20. The number of nitrogens with two attached hydrogens (primary N) is 1. The van der Waals surface area contributed by atoms with Crippen LogP contribution in [0.1, 0.15) is 46.1 Å². The molecule has 5 nitrogen and oxygen atoms in total. The summed E-state index contributed by atoms with van der Waals surface area (Å²) in [7, 11) is -0.469. The molecule has 0 radical (unpaired) electrons. The fraction of sp³-hybridized carbons (Fsp3) is 0.667. The molecule has 2 heterocycles. The molecule has 6 heteroatoms. The normalized spacial score (nSPS) is 23.4. The molecule has 114 valence electrons. The van der Waals surface area contributed by atoms with Gasteiger partial charge in [-0.05, 0) is 46.6 Å². The molecule has 0 amide bonds. The first kappa shape index (κ1) is 14.8. The minimum absolute atomic E-state index is 0.323. The van der Waals surface area contributed by atoms with Gasteiger partial charge in [0.05, 0.1) is 22.9 Å². The van der Waals surface area contributed by atoms with Crippen molar-refractivity contribution < 1.29 is 14.0 Å². The molecule has 1 aliphatic heterocycles. The fourth-order valence-corrected chi connectivity index (χ4v) is 2.20. The highest BCUT2D eigenvalue weighted by Crippen LogP contribution is 2.36. The zero-order valence-corrected chi connectivity index (χ0v) is 13.2. The minimum atomic E-state index is -0.469. The Labute approximate surface area is 126 Å². The van der Waals surface area contributed by atoms with Gasteiger partial charge in [-0.3, -0.25) is 4.98 Å². The van der Waals surface area contributed by atoms with Crippen LogP contribution >= 0.6 is 0 Å². The van der Waals surface area contributed by atoms with E-state index in [9.17, 15) is 0 Å². The van der Waals surface area contributed by atoms with E-state index in [1.807, 2.05) is 33.8 Å². The molecule has 2 fully saturated rings. The van der Waals surface area contributed by atoms with Crippen molar-refractivity contribution in [1.82, 2.24) is 4.98 Å². The van der Waals surface area contributed by atoms with Crippen LogP contribution in [0.15, 0.2) is 12.3 Å². The third-order valence-corrected chi connectivity index (χ3v) is 4.50. The molecule has 21 heavy (non-hydrogen) atoms. The topological polar surface area (TPSA) is 66.6 Å². The average Bonchev–Trinajstić information content (AvgIpc) is 3.17. The summed E-state index contributed by atoms with van der Waals surface area (Å²) in [4.78, 5) is 4.44. The summed E-state index contributed by atoms with van der Waals surface area (Å²) in [5.41, 5.74) is 6.67. The van der Waals surface area contributed by atoms with Gasteiger partial charge in [0.25, 0.3) is 0 Å². The Morgan fingerprint density at radius 3 is 2.43 bits per heavy atom. The van der Waals surface area contributed by atoms with Crippen LogP contribution in [0.2, 0.25) is 0 Å². The van der Waals surface area contributed by atoms with Crippen molar-refractivity contribution in [3.8, 4) is 5.75 Å². The first-order valence-electron chi connectivity index (χ1n) is 7.53. The van der Waals surface area contributed by atoms with Crippen molar-refractivity contribution in [2.75, 3.05) is 0 Å². The van der Waals surface area contributed by atoms with E-state index >= 15 is 0 Å².